The van der Waals surface area contributed by atoms with Crippen molar-refractivity contribution in [1.82, 2.24) is 10.2 Å². The standard InChI is InChI=1S/C24H21F3N2O3/c1-28-23(31)19-10-7-18(8-11-19)15-29(16-21-6-3-13-32-21)22(30)12-9-17-4-2-5-20(14-17)24(25,26)27/h2-14H,15-16H2,1H3,(H,28,31)/b12-9+. The van der Waals surface area contributed by atoms with E-state index in [1.54, 1.807) is 36.4 Å². The number of hydrogen-bond donors (Lipinski definition) is 1. The van der Waals surface area contributed by atoms with Crippen molar-refractivity contribution in [3.05, 3.63) is 101 Å². The zero-order valence-corrected chi connectivity index (χ0v) is 17.2. The van der Waals surface area contributed by atoms with Crippen LogP contribution in [0.3, 0.4) is 0 Å². The van der Waals surface area contributed by atoms with Gasteiger partial charge in [-0.15, -0.1) is 0 Å². The third kappa shape index (κ3) is 6.10. The summed E-state index contributed by atoms with van der Waals surface area (Å²) in [6, 6.07) is 15.0. The number of carbonyl (C=O) groups excluding carboxylic acids is 2. The second-order valence-corrected chi connectivity index (χ2v) is 7.01. The molecule has 5 nitrogen and oxygen atoms in total. The van der Waals surface area contributed by atoms with Gasteiger partial charge < -0.3 is 14.6 Å². The van der Waals surface area contributed by atoms with Crippen LogP contribution in [0, 0.1) is 0 Å². The molecule has 0 aliphatic carbocycles. The Kier molecular flexibility index (Phi) is 7.14. The minimum Gasteiger partial charge on any atom is -0.467 e. The molecule has 1 N–H and O–H groups in total. The number of hydrogen-bond acceptors (Lipinski definition) is 3. The van der Waals surface area contributed by atoms with Crippen LogP contribution in [-0.2, 0) is 24.1 Å². The van der Waals surface area contributed by atoms with Crippen LogP contribution in [0.1, 0.15) is 32.8 Å². The Labute approximate surface area is 183 Å². The summed E-state index contributed by atoms with van der Waals surface area (Å²) in [7, 11) is 1.54. The number of amides is 2. The normalized spacial score (nSPS) is 11.5. The minimum absolute atomic E-state index is 0.177. The molecule has 3 aromatic rings. The highest BCUT2D eigenvalue weighted by molar-refractivity contribution is 5.94. The predicted molar refractivity (Wildman–Crippen MR) is 113 cm³/mol. The molecule has 8 heteroatoms. The molecule has 0 spiro atoms. The first-order valence-corrected chi connectivity index (χ1v) is 9.74. The quantitative estimate of drug-likeness (QED) is 0.530. The Morgan fingerprint density at radius 1 is 1.03 bits per heavy atom. The Balaban J connectivity index is 1.78. The summed E-state index contributed by atoms with van der Waals surface area (Å²) in [5.74, 6) is -0.0499. The van der Waals surface area contributed by atoms with Crippen molar-refractivity contribution in [2.24, 2.45) is 0 Å². The van der Waals surface area contributed by atoms with E-state index in [2.05, 4.69) is 5.32 Å². The van der Waals surface area contributed by atoms with Crippen LogP contribution in [0.25, 0.3) is 6.08 Å². The van der Waals surface area contributed by atoms with Crippen molar-refractivity contribution in [3.8, 4) is 0 Å². The van der Waals surface area contributed by atoms with E-state index in [9.17, 15) is 22.8 Å². The van der Waals surface area contributed by atoms with Crippen LogP contribution < -0.4 is 5.32 Å². The van der Waals surface area contributed by atoms with Gasteiger partial charge in [0.15, 0.2) is 0 Å². The van der Waals surface area contributed by atoms with Crippen LogP contribution in [0.15, 0.2) is 77.4 Å². The monoisotopic (exact) mass is 442 g/mol. The van der Waals surface area contributed by atoms with E-state index in [4.69, 9.17) is 4.42 Å². The topological polar surface area (TPSA) is 62.6 Å². The maximum Gasteiger partial charge on any atom is 0.416 e. The molecule has 0 aliphatic heterocycles. The van der Waals surface area contributed by atoms with Crippen molar-refractivity contribution in [2.75, 3.05) is 7.05 Å². The lowest BCUT2D eigenvalue weighted by Gasteiger charge is -2.20. The number of alkyl halides is 3. The van der Waals surface area contributed by atoms with Crippen LogP contribution in [-0.4, -0.2) is 23.8 Å². The summed E-state index contributed by atoms with van der Waals surface area (Å²) >= 11 is 0. The van der Waals surface area contributed by atoms with Gasteiger partial charge >= 0.3 is 6.18 Å². The lowest BCUT2D eigenvalue weighted by atomic mass is 10.1. The molecule has 2 aromatic carbocycles. The average Bonchev–Trinajstić information content (AvgIpc) is 3.30. The number of halogens is 3. The van der Waals surface area contributed by atoms with Gasteiger partial charge in [-0.2, -0.15) is 13.2 Å². The van der Waals surface area contributed by atoms with Gasteiger partial charge in [0.25, 0.3) is 5.91 Å². The van der Waals surface area contributed by atoms with E-state index in [1.165, 1.54) is 42.5 Å². The largest absolute Gasteiger partial charge is 0.467 e. The van der Waals surface area contributed by atoms with Crippen LogP contribution in [0.5, 0.6) is 0 Å². The lowest BCUT2D eigenvalue weighted by Crippen LogP contribution is -2.28. The third-order valence-corrected chi connectivity index (χ3v) is 4.69. The molecule has 1 aromatic heterocycles. The number of rotatable bonds is 7. The van der Waals surface area contributed by atoms with Gasteiger partial charge in [0.05, 0.1) is 18.4 Å². The van der Waals surface area contributed by atoms with Crippen molar-refractivity contribution in [2.45, 2.75) is 19.3 Å². The first kappa shape index (κ1) is 22.9. The molecule has 32 heavy (non-hydrogen) atoms. The van der Waals surface area contributed by atoms with Crippen molar-refractivity contribution in [3.63, 3.8) is 0 Å². The number of nitrogens with one attached hydrogen (secondary N) is 1. The van der Waals surface area contributed by atoms with E-state index >= 15 is 0 Å². The van der Waals surface area contributed by atoms with E-state index in [-0.39, 0.29) is 24.6 Å². The van der Waals surface area contributed by atoms with Crippen molar-refractivity contribution < 1.29 is 27.2 Å². The van der Waals surface area contributed by atoms with Gasteiger partial charge in [-0.05, 0) is 53.6 Å². The minimum atomic E-state index is -4.46. The molecule has 0 saturated heterocycles. The van der Waals surface area contributed by atoms with E-state index in [0.29, 0.717) is 11.3 Å². The predicted octanol–water partition coefficient (Wildman–Crippen LogP) is 4.90. The molecular formula is C24H21F3N2O3. The molecule has 0 saturated carbocycles. The summed E-state index contributed by atoms with van der Waals surface area (Å²) in [5, 5.41) is 2.54. The van der Waals surface area contributed by atoms with Gasteiger partial charge in [0.2, 0.25) is 5.91 Å². The van der Waals surface area contributed by atoms with Crippen LogP contribution in [0.2, 0.25) is 0 Å². The summed E-state index contributed by atoms with van der Waals surface area (Å²) < 4.78 is 44.1. The Bertz CT molecular complexity index is 1090. The third-order valence-electron chi connectivity index (χ3n) is 4.69. The first-order chi connectivity index (χ1) is 15.3. The SMILES string of the molecule is CNC(=O)c1ccc(CN(Cc2ccco2)C(=O)/C=C/c2cccc(C(F)(F)F)c2)cc1. The molecule has 0 atom stereocenters. The summed E-state index contributed by atoms with van der Waals surface area (Å²) in [4.78, 5) is 26.1. The van der Waals surface area contributed by atoms with E-state index in [1.807, 2.05) is 0 Å². The molecule has 0 fully saturated rings. The van der Waals surface area contributed by atoms with Gasteiger partial charge in [-0.25, -0.2) is 0 Å². The van der Waals surface area contributed by atoms with Crippen molar-refractivity contribution in [1.29, 1.82) is 0 Å². The highest BCUT2D eigenvalue weighted by Crippen LogP contribution is 2.29. The lowest BCUT2D eigenvalue weighted by molar-refractivity contribution is -0.137. The summed E-state index contributed by atoms with van der Waals surface area (Å²) in [6.07, 6.45) is -0.382. The fourth-order valence-electron chi connectivity index (χ4n) is 3.02. The van der Waals surface area contributed by atoms with Gasteiger partial charge in [0.1, 0.15) is 5.76 Å². The maximum absolute atomic E-state index is 12.9. The number of benzene rings is 2. The zero-order valence-electron chi connectivity index (χ0n) is 17.2. The Morgan fingerprint density at radius 2 is 1.78 bits per heavy atom. The summed E-state index contributed by atoms with van der Waals surface area (Å²) in [6.45, 7) is 0.399. The second kappa shape index (κ2) is 10.00. The molecule has 0 bridgehead atoms. The number of furan rings is 1. The first-order valence-electron chi connectivity index (χ1n) is 9.74. The average molecular weight is 442 g/mol. The number of carbonyl (C=O) groups is 2. The fourth-order valence-corrected chi connectivity index (χ4v) is 3.02. The Morgan fingerprint density at radius 3 is 2.41 bits per heavy atom. The second-order valence-electron chi connectivity index (χ2n) is 7.01. The highest BCUT2D eigenvalue weighted by Gasteiger charge is 2.30. The maximum atomic E-state index is 12.9. The molecule has 166 valence electrons. The highest BCUT2D eigenvalue weighted by atomic mass is 19.4. The molecule has 3 rings (SSSR count). The van der Waals surface area contributed by atoms with Gasteiger partial charge in [0, 0.05) is 25.2 Å². The molecule has 0 aliphatic rings. The van der Waals surface area contributed by atoms with Crippen LogP contribution in [0.4, 0.5) is 13.2 Å². The molecule has 1 heterocycles. The van der Waals surface area contributed by atoms with Crippen LogP contribution >= 0.6 is 0 Å². The molecule has 0 unspecified atom stereocenters. The molecule has 2 amide bonds. The van der Waals surface area contributed by atoms with E-state index < -0.39 is 17.6 Å². The van der Waals surface area contributed by atoms with Gasteiger partial charge in [-0.1, -0.05) is 24.3 Å². The zero-order chi connectivity index (χ0) is 23.1. The smallest absolute Gasteiger partial charge is 0.416 e. The molecular weight excluding hydrogens is 421 g/mol. The number of nitrogens with zero attached hydrogens (tertiary/aromatic N) is 1. The fraction of sp³-hybridized carbons (Fsp3) is 0.167. The van der Waals surface area contributed by atoms with Gasteiger partial charge in [-0.3, -0.25) is 9.59 Å². The van der Waals surface area contributed by atoms with E-state index in [0.717, 1.165) is 17.7 Å². The Hall–Kier alpha value is -3.81. The molecule has 0 radical (unpaired) electrons. The summed E-state index contributed by atoms with van der Waals surface area (Å²) in [5.41, 5.74) is 0.756. The van der Waals surface area contributed by atoms with Crippen molar-refractivity contribution >= 4 is 17.9 Å².